The molecule has 0 spiro atoms. The highest BCUT2D eigenvalue weighted by molar-refractivity contribution is 5.82. The van der Waals surface area contributed by atoms with E-state index in [9.17, 15) is 58.4 Å². The highest BCUT2D eigenvalue weighted by Crippen LogP contribution is 2.50. The third-order valence-electron chi connectivity index (χ3n) is 8.24. The summed E-state index contributed by atoms with van der Waals surface area (Å²) >= 11 is 0. The Morgan fingerprint density at radius 3 is 1.29 bits per heavy atom. The maximum absolute atomic E-state index is 12.6. The van der Waals surface area contributed by atoms with Crippen LogP contribution in [-0.4, -0.2) is 62.9 Å². The molecule has 4 aliphatic rings. The number of alkyl halides is 3. The Balaban J connectivity index is 0.000000175. The molecule has 222 valence electrons. The lowest BCUT2D eigenvalue weighted by Crippen LogP contribution is -2.46. The van der Waals surface area contributed by atoms with Crippen molar-refractivity contribution in [2.45, 2.75) is 42.7 Å². The number of hydrogen-bond donors (Lipinski definition) is 1. The van der Waals surface area contributed by atoms with Gasteiger partial charge >= 0.3 is 34.8 Å². The van der Waals surface area contributed by atoms with Crippen molar-refractivity contribution in [3.05, 3.63) is 87.0 Å². The Hall–Kier alpha value is -4.74. The van der Waals surface area contributed by atoms with Crippen molar-refractivity contribution in [1.29, 1.82) is 0 Å². The monoisotopic (exact) mass is 594 g/mol. The van der Waals surface area contributed by atoms with Crippen LogP contribution in [0.1, 0.15) is 58.8 Å². The fraction of sp³-hybridized carbons (Fsp3) is 0.458. The molecule has 15 nitrogen and oxygen atoms in total. The third kappa shape index (κ3) is 4.97. The van der Waals surface area contributed by atoms with E-state index in [-0.39, 0.29) is 24.9 Å². The van der Waals surface area contributed by atoms with Gasteiger partial charge in [-0.15, -0.1) is 0 Å². The van der Waals surface area contributed by atoms with Gasteiger partial charge in [-0.05, 0) is 46.9 Å². The zero-order valence-electron chi connectivity index (χ0n) is 21.4. The lowest BCUT2D eigenvalue weighted by Gasteiger charge is -2.32. The molecule has 6 rings (SSSR count). The Bertz CT molecular complexity index is 1450. The molecule has 18 heteroatoms. The largest absolute Gasteiger partial charge is 0.471 e. The van der Waals surface area contributed by atoms with Gasteiger partial charge in [-0.25, -0.2) is 0 Å². The van der Waals surface area contributed by atoms with Crippen molar-refractivity contribution in [2.24, 2.45) is 0 Å². The zero-order valence-corrected chi connectivity index (χ0v) is 21.4. The van der Waals surface area contributed by atoms with Gasteiger partial charge in [0.15, 0.2) is 0 Å². The van der Waals surface area contributed by atoms with Crippen molar-refractivity contribution in [2.75, 3.05) is 26.2 Å². The number of halogens is 3. The number of rotatable bonds is 4. The van der Waals surface area contributed by atoms with Crippen molar-refractivity contribution in [3.8, 4) is 0 Å². The minimum absolute atomic E-state index is 0.211. The fourth-order valence-electron chi connectivity index (χ4n) is 6.53. The summed E-state index contributed by atoms with van der Waals surface area (Å²) in [5.41, 5.74) is 0.451. The summed E-state index contributed by atoms with van der Waals surface area (Å²) in [6.45, 7) is 1.16. The van der Waals surface area contributed by atoms with E-state index in [0.29, 0.717) is 22.4 Å². The molecule has 2 aliphatic heterocycles. The van der Waals surface area contributed by atoms with Crippen LogP contribution in [0.2, 0.25) is 0 Å². The van der Waals surface area contributed by atoms with Gasteiger partial charge in [-0.3, -0.25) is 45.3 Å². The third-order valence-corrected chi connectivity index (χ3v) is 8.24. The average Bonchev–Trinajstić information content (AvgIpc) is 3.33. The minimum Gasteiger partial charge on any atom is -0.334 e. The molecule has 42 heavy (non-hydrogen) atoms. The molecule has 2 fully saturated rings. The summed E-state index contributed by atoms with van der Waals surface area (Å²) in [5.74, 6) is -2.46. The number of carbonyl (C=O) groups excluding carboxylic acids is 1. The van der Waals surface area contributed by atoms with E-state index < -0.39 is 66.4 Å². The smallest absolute Gasteiger partial charge is 0.334 e. The first-order chi connectivity index (χ1) is 19.7. The SMILES string of the molecule is O=C(N1CC2CC(C1)c1cc([N+](=O)[O-])c([N+](=O)[O-])cc12)C(F)(F)F.O=[N+]([O-])c1cc2c(cc1[N+](=O)[O-])C1CNCC2C1. The second-order valence-corrected chi connectivity index (χ2v) is 10.6. The molecule has 1 amide bonds. The molecule has 1 N–H and O–H groups in total. The molecule has 0 aromatic heterocycles. The lowest BCUT2D eigenvalue weighted by atomic mass is 9.95. The van der Waals surface area contributed by atoms with Gasteiger partial charge in [0.05, 0.1) is 19.7 Å². The maximum Gasteiger partial charge on any atom is 0.471 e. The number of nitro benzene ring substituents is 4. The number of amides is 1. The van der Waals surface area contributed by atoms with Crippen molar-refractivity contribution >= 4 is 28.7 Å². The summed E-state index contributed by atoms with van der Waals surface area (Å²) in [4.78, 5) is 52.8. The fourth-order valence-corrected chi connectivity index (χ4v) is 6.53. The van der Waals surface area contributed by atoms with Crippen LogP contribution in [-0.2, 0) is 4.79 Å². The Labute approximate surface area is 232 Å². The van der Waals surface area contributed by atoms with Crippen molar-refractivity contribution in [1.82, 2.24) is 10.2 Å². The zero-order chi connectivity index (χ0) is 30.7. The minimum atomic E-state index is -5.00. The Kier molecular flexibility index (Phi) is 7.04. The van der Waals surface area contributed by atoms with Crippen molar-refractivity contribution < 1.29 is 37.7 Å². The summed E-state index contributed by atoms with van der Waals surface area (Å²) in [5, 5.41) is 47.1. The van der Waals surface area contributed by atoms with Crippen LogP contribution in [0.3, 0.4) is 0 Å². The number of likely N-dealkylation sites (tertiary alicyclic amines) is 1. The molecule has 0 saturated carbocycles. The number of nitrogens with one attached hydrogen (secondary N) is 1. The number of hydrogen-bond acceptors (Lipinski definition) is 10. The number of fused-ring (bicyclic) bond motifs is 10. The van der Waals surface area contributed by atoms with Gasteiger partial charge in [-0.2, -0.15) is 13.2 Å². The van der Waals surface area contributed by atoms with E-state index in [0.717, 1.165) is 42.8 Å². The molecule has 0 radical (unpaired) electrons. The molecule has 2 saturated heterocycles. The molecule has 2 aromatic carbocycles. The number of nitro groups is 4. The number of benzene rings is 2. The highest BCUT2D eigenvalue weighted by atomic mass is 19.4. The van der Waals surface area contributed by atoms with Crippen LogP contribution in [0, 0.1) is 40.5 Å². The van der Waals surface area contributed by atoms with Crippen LogP contribution in [0.4, 0.5) is 35.9 Å². The van der Waals surface area contributed by atoms with Crippen LogP contribution < -0.4 is 5.32 Å². The summed E-state index contributed by atoms with van der Waals surface area (Å²) in [6.07, 6.45) is -3.66. The Morgan fingerprint density at radius 1 is 0.667 bits per heavy atom. The predicted molar refractivity (Wildman–Crippen MR) is 135 cm³/mol. The highest BCUT2D eigenvalue weighted by Gasteiger charge is 2.49. The second kappa shape index (κ2) is 10.3. The summed E-state index contributed by atoms with van der Waals surface area (Å²) in [7, 11) is 0. The molecule has 4 bridgehead atoms. The molecule has 4 unspecified atom stereocenters. The topological polar surface area (TPSA) is 205 Å². The average molecular weight is 594 g/mol. The molecule has 4 atom stereocenters. The molecule has 2 aliphatic carbocycles. The van der Waals surface area contributed by atoms with E-state index in [4.69, 9.17) is 0 Å². The molecule has 2 heterocycles. The van der Waals surface area contributed by atoms with Gasteiger partial charge in [0, 0.05) is 62.3 Å². The lowest BCUT2D eigenvalue weighted by molar-refractivity contribution is -0.422. The first-order valence-corrected chi connectivity index (χ1v) is 12.7. The van der Waals surface area contributed by atoms with Crippen LogP contribution in [0.15, 0.2) is 24.3 Å². The van der Waals surface area contributed by atoms with Crippen LogP contribution in [0.25, 0.3) is 0 Å². The first-order valence-electron chi connectivity index (χ1n) is 12.7. The van der Waals surface area contributed by atoms with E-state index in [1.165, 1.54) is 12.1 Å². The van der Waals surface area contributed by atoms with E-state index in [1.807, 2.05) is 0 Å². The quantitative estimate of drug-likeness (QED) is 0.395. The van der Waals surface area contributed by atoms with Gasteiger partial charge < -0.3 is 10.2 Å². The summed E-state index contributed by atoms with van der Waals surface area (Å²) in [6, 6.07) is 4.90. The Morgan fingerprint density at radius 2 is 0.976 bits per heavy atom. The maximum atomic E-state index is 12.6. The van der Waals surface area contributed by atoms with E-state index in [2.05, 4.69) is 5.32 Å². The molecular weight excluding hydrogens is 573 g/mol. The normalized spacial score (nSPS) is 23.3. The van der Waals surface area contributed by atoms with E-state index >= 15 is 0 Å². The predicted octanol–water partition coefficient (Wildman–Crippen LogP) is 4.16. The second-order valence-electron chi connectivity index (χ2n) is 10.6. The van der Waals surface area contributed by atoms with Gasteiger partial charge in [0.1, 0.15) is 0 Å². The van der Waals surface area contributed by atoms with Gasteiger partial charge in [-0.1, -0.05) is 0 Å². The van der Waals surface area contributed by atoms with Crippen LogP contribution in [0.5, 0.6) is 0 Å². The number of nitrogens with zero attached hydrogens (tertiary/aromatic N) is 5. The first kappa shape index (κ1) is 28.8. The number of piperidine rings is 2. The van der Waals surface area contributed by atoms with E-state index in [1.54, 1.807) is 0 Å². The van der Waals surface area contributed by atoms with Gasteiger partial charge in [0.2, 0.25) is 0 Å². The van der Waals surface area contributed by atoms with Gasteiger partial charge in [0.25, 0.3) is 0 Å². The molecule has 2 aromatic rings. The standard InChI is InChI=1S/C13H10F3N3O5.C11H11N3O4/c14-13(15,16)12(20)17-4-6-1-7(5-17)9-3-11(19(23)24)10(18(21)22)2-8(6)9;15-13(16)10-2-8-6-1-7(5-12-4-6)9(8)3-11(10)14(17)18/h2-3,6-7H,1,4-5H2;2-3,6-7,12H,1,4-5H2. The summed E-state index contributed by atoms with van der Waals surface area (Å²) < 4.78 is 37.8. The molecular formula is C24H21F3N6O9. The van der Waals surface area contributed by atoms with Crippen LogP contribution >= 0.6 is 0 Å². The van der Waals surface area contributed by atoms with Crippen molar-refractivity contribution in [3.63, 3.8) is 0 Å². The number of carbonyl (C=O) groups is 1.